The largest absolute Gasteiger partial charge is 0.480 e. The van der Waals surface area contributed by atoms with Gasteiger partial charge in [0.25, 0.3) is 0 Å². The molecule has 1 unspecified atom stereocenters. The lowest BCUT2D eigenvalue weighted by atomic mass is 10.1. The van der Waals surface area contributed by atoms with Crippen LogP contribution in [0.4, 0.5) is 0 Å². The summed E-state index contributed by atoms with van der Waals surface area (Å²) in [7, 11) is 0. The molecule has 76 valence electrons. The average molecular weight is 187 g/mol. The second-order valence-electron chi connectivity index (χ2n) is 3.12. The molecule has 4 nitrogen and oxygen atoms in total. The number of aliphatic carboxylic acids is 1. The molecule has 0 heterocycles. The van der Waals surface area contributed by atoms with Crippen molar-refractivity contribution < 1.29 is 14.7 Å². The molecule has 0 rings (SSSR count). The van der Waals surface area contributed by atoms with Crippen LogP contribution in [0.3, 0.4) is 0 Å². The van der Waals surface area contributed by atoms with Gasteiger partial charge in [0.05, 0.1) is 0 Å². The third kappa shape index (κ3) is 3.92. The fraction of sp³-hybridized carbons (Fsp3) is 0.778. The zero-order valence-electron chi connectivity index (χ0n) is 8.33. The Hall–Kier alpha value is -1.06. The number of nitrogens with one attached hydrogen (secondary N) is 1. The molecule has 0 aromatic heterocycles. The van der Waals surface area contributed by atoms with Crippen LogP contribution < -0.4 is 5.32 Å². The normalized spacial score (nSPS) is 14.7. The maximum absolute atomic E-state index is 11.3. The summed E-state index contributed by atoms with van der Waals surface area (Å²) in [6.07, 6.45) is 1.14. The third-order valence-corrected chi connectivity index (χ3v) is 2.08. The number of amides is 1. The summed E-state index contributed by atoms with van der Waals surface area (Å²) >= 11 is 0. The first kappa shape index (κ1) is 11.9. The van der Waals surface area contributed by atoms with E-state index >= 15 is 0 Å². The first-order valence-electron chi connectivity index (χ1n) is 4.56. The van der Waals surface area contributed by atoms with Crippen LogP contribution >= 0.6 is 0 Å². The van der Waals surface area contributed by atoms with E-state index in [1.54, 1.807) is 13.8 Å². The molecule has 13 heavy (non-hydrogen) atoms. The van der Waals surface area contributed by atoms with Gasteiger partial charge in [0.1, 0.15) is 6.04 Å². The molecular formula is C9H17NO3. The molecule has 1 amide bonds. The SMILES string of the molecule is CCC(NC(=O)[C@H](C)CC)C(=O)O. The van der Waals surface area contributed by atoms with Gasteiger partial charge in [-0.25, -0.2) is 4.79 Å². The van der Waals surface area contributed by atoms with Gasteiger partial charge in [-0.15, -0.1) is 0 Å². The van der Waals surface area contributed by atoms with Crippen LogP contribution in [0.15, 0.2) is 0 Å². The van der Waals surface area contributed by atoms with Gasteiger partial charge in [-0.3, -0.25) is 4.79 Å². The van der Waals surface area contributed by atoms with Crippen molar-refractivity contribution in [1.82, 2.24) is 5.32 Å². The van der Waals surface area contributed by atoms with E-state index in [4.69, 9.17) is 5.11 Å². The Kier molecular flexibility index (Phi) is 5.11. The zero-order valence-corrected chi connectivity index (χ0v) is 8.33. The van der Waals surface area contributed by atoms with Crippen LogP contribution in [0, 0.1) is 5.92 Å². The fourth-order valence-corrected chi connectivity index (χ4v) is 0.838. The van der Waals surface area contributed by atoms with Gasteiger partial charge >= 0.3 is 5.97 Å². The summed E-state index contributed by atoms with van der Waals surface area (Å²) in [4.78, 5) is 21.8. The molecule has 0 radical (unpaired) electrons. The van der Waals surface area contributed by atoms with Crippen LogP contribution in [0.2, 0.25) is 0 Å². The van der Waals surface area contributed by atoms with Gasteiger partial charge in [-0.1, -0.05) is 20.8 Å². The Morgan fingerprint density at radius 2 is 1.85 bits per heavy atom. The van der Waals surface area contributed by atoms with E-state index in [0.717, 1.165) is 6.42 Å². The van der Waals surface area contributed by atoms with E-state index in [9.17, 15) is 9.59 Å². The van der Waals surface area contributed by atoms with Crippen molar-refractivity contribution in [2.24, 2.45) is 5.92 Å². The smallest absolute Gasteiger partial charge is 0.326 e. The molecule has 0 aliphatic heterocycles. The highest BCUT2D eigenvalue weighted by Crippen LogP contribution is 2.01. The fourth-order valence-electron chi connectivity index (χ4n) is 0.838. The highest BCUT2D eigenvalue weighted by molar-refractivity contribution is 5.84. The minimum Gasteiger partial charge on any atom is -0.480 e. The van der Waals surface area contributed by atoms with Crippen molar-refractivity contribution in [2.75, 3.05) is 0 Å². The summed E-state index contributed by atoms with van der Waals surface area (Å²) < 4.78 is 0. The number of rotatable bonds is 5. The summed E-state index contributed by atoms with van der Waals surface area (Å²) in [6.45, 7) is 5.41. The molecule has 0 bridgehead atoms. The van der Waals surface area contributed by atoms with Crippen molar-refractivity contribution in [3.8, 4) is 0 Å². The first-order valence-corrected chi connectivity index (χ1v) is 4.56. The molecule has 0 aromatic carbocycles. The molecule has 0 aliphatic carbocycles. The van der Waals surface area contributed by atoms with Crippen molar-refractivity contribution in [3.05, 3.63) is 0 Å². The first-order chi connectivity index (χ1) is 6.02. The number of carboxylic acid groups (broad SMARTS) is 1. The minimum absolute atomic E-state index is 0.117. The topological polar surface area (TPSA) is 66.4 Å². The van der Waals surface area contributed by atoms with E-state index < -0.39 is 12.0 Å². The summed E-state index contributed by atoms with van der Waals surface area (Å²) in [5, 5.41) is 11.1. The van der Waals surface area contributed by atoms with Crippen molar-refractivity contribution in [1.29, 1.82) is 0 Å². The number of hydrogen-bond acceptors (Lipinski definition) is 2. The Morgan fingerprint density at radius 1 is 1.31 bits per heavy atom. The summed E-state index contributed by atoms with van der Waals surface area (Å²) in [5.74, 6) is -1.27. The van der Waals surface area contributed by atoms with E-state index in [0.29, 0.717) is 6.42 Å². The van der Waals surface area contributed by atoms with Gasteiger partial charge < -0.3 is 10.4 Å². The van der Waals surface area contributed by atoms with Crippen molar-refractivity contribution >= 4 is 11.9 Å². The molecule has 0 fully saturated rings. The van der Waals surface area contributed by atoms with Crippen molar-refractivity contribution in [3.63, 3.8) is 0 Å². The van der Waals surface area contributed by atoms with E-state index in [1.165, 1.54) is 0 Å². The minimum atomic E-state index is -0.973. The molecule has 2 N–H and O–H groups in total. The number of carboxylic acids is 1. The van der Waals surface area contributed by atoms with E-state index in [2.05, 4.69) is 5.32 Å². The van der Waals surface area contributed by atoms with Crippen molar-refractivity contribution in [2.45, 2.75) is 39.7 Å². The van der Waals surface area contributed by atoms with Gasteiger partial charge in [-0.05, 0) is 12.8 Å². The molecule has 0 aliphatic rings. The summed E-state index contributed by atoms with van der Waals surface area (Å²) in [6, 6.07) is -0.749. The number of carbonyl (C=O) groups excluding carboxylic acids is 1. The standard InChI is InChI=1S/C9H17NO3/c1-4-6(3)8(11)10-7(5-2)9(12)13/h6-7H,4-5H2,1-3H3,(H,10,11)(H,12,13)/t6-,7?/m1/s1. The molecule has 0 spiro atoms. The maximum Gasteiger partial charge on any atom is 0.326 e. The lowest BCUT2D eigenvalue weighted by Gasteiger charge is -2.15. The Balaban J connectivity index is 4.09. The maximum atomic E-state index is 11.3. The molecule has 0 aromatic rings. The monoisotopic (exact) mass is 187 g/mol. The van der Waals surface area contributed by atoms with Crippen LogP contribution in [-0.4, -0.2) is 23.0 Å². The predicted octanol–water partition coefficient (Wildman–Crippen LogP) is 1.01. The third-order valence-electron chi connectivity index (χ3n) is 2.08. The van der Waals surface area contributed by atoms with Gasteiger partial charge in [0.2, 0.25) is 5.91 Å². The lowest BCUT2D eigenvalue weighted by molar-refractivity contribution is -0.142. The van der Waals surface area contributed by atoms with Crippen LogP contribution in [0.1, 0.15) is 33.6 Å². The molecule has 0 saturated heterocycles. The Morgan fingerprint density at radius 3 is 2.15 bits per heavy atom. The number of hydrogen-bond donors (Lipinski definition) is 2. The second-order valence-corrected chi connectivity index (χ2v) is 3.12. The highest BCUT2D eigenvalue weighted by atomic mass is 16.4. The van der Waals surface area contributed by atoms with Crippen LogP contribution in [0.25, 0.3) is 0 Å². The van der Waals surface area contributed by atoms with Gasteiger partial charge in [0, 0.05) is 5.92 Å². The Bertz CT molecular complexity index is 191. The van der Waals surface area contributed by atoms with Gasteiger partial charge in [-0.2, -0.15) is 0 Å². The Labute approximate surface area is 78.3 Å². The molecule has 0 saturated carbocycles. The predicted molar refractivity (Wildman–Crippen MR) is 49.3 cm³/mol. The number of carbonyl (C=O) groups is 2. The molecule has 4 heteroatoms. The quantitative estimate of drug-likeness (QED) is 0.675. The molecule has 2 atom stereocenters. The molecular weight excluding hydrogens is 170 g/mol. The average Bonchev–Trinajstić information content (AvgIpc) is 2.11. The second kappa shape index (κ2) is 5.56. The van der Waals surface area contributed by atoms with Crippen LogP contribution in [0.5, 0.6) is 0 Å². The summed E-state index contributed by atoms with van der Waals surface area (Å²) in [5.41, 5.74) is 0. The zero-order chi connectivity index (χ0) is 10.4. The van der Waals surface area contributed by atoms with E-state index in [1.807, 2.05) is 6.92 Å². The van der Waals surface area contributed by atoms with Crippen LogP contribution in [-0.2, 0) is 9.59 Å². The highest BCUT2D eigenvalue weighted by Gasteiger charge is 2.19. The lowest BCUT2D eigenvalue weighted by Crippen LogP contribution is -2.42. The van der Waals surface area contributed by atoms with E-state index in [-0.39, 0.29) is 11.8 Å². The van der Waals surface area contributed by atoms with Gasteiger partial charge in [0.15, 0.2) is 0 Å².